The largest absolute Gasteiger partial charge is 0.396 e. The summed E-state index contributed by atoms with van der Waals surface area (Å²) < 4.78 is 0. The molecular weight excluding hydrogens is 232 g/mol. The lowest BCUT2D eigenvalue weighted by Gasteiger charge is -2.09. The fraction of sp³-hybridized carbons (Fsp3) is 0.538. The first-order chi connectivity index (χ1) is 8.54. The van der Waals surface area contributed by atoms with Gasteiger partial charge in [0.2, 0.25) is 0 Å². The van der Waals surface area contributed by atoms with Crippen molar-refractivity contribution in [3.8, 4) is 0 Å². The Morgan fingerprint density at radius 3 is 2.83 bits per heavy atom. The number of anilines is 1. The van der Waals surface area contributed by atoms with Gasteiger partial charge in [0, 0.05) is 30.5 Å². The zero-order chi connectivity index (χ0) is 13.5. The molecule has 1 aromatic rings. The Bertz CT molecular complexity index is 407. The van der Waals surface area contributed by atoms with Gasteiger partial charge in [0.25, 0.3) is 5.69 Å². The summed E-state index contributed by atoms with van der Waals surface area (Å²) in [4.78, 5) is 10.4. The number of aliphatic hydroxyl groups is 1. The van der Waals surface area contributed by atoms with Gasteiger partial charge >= 0.3 is 0 Å². The summed E-state index contributed by atoms with van der Waals surface area (Å²) in [5.74, 6) is 0.305. The van der Waals surface area contributed by atoms with Crippen LogP contribution < -0.4 is 5.32 Å². The van der Waals surface area contributed by atoms with Crippen LogP contribution >= 0.6 is 0 Å². The average molecular weight is 252 g/mol. The SMILES string of the molecule is Cc1ccc(NCCCC(C)CO)cc1[N+](=O)[O-]. The first-order valence-corrected chi connectivity index (χ1v) is 6.14. The minimum absolute atomic E-state index is 0.142. The van der Waals surface area contributed by atoms with Crippen molar-refractivity contribution in [2.45, 2.75) is 26.7 Å². The molecular formula is C13H20N2O3. The molecule has 1 aromatic carbocycles. The second-order valence-electron chi connectivity index (χ2n) is 4.62. The van der Waals surface area contributed by atoms with Gasteiger partial charge in [0.1, 0.15) is 0 Å². The van der Waals surface area contributed by atoms with E-state index in [4.69, 9.17) is 5.11 Å². The number of aliphatic hydroxyl groups excluding tert-OH is 1. The van der Waals surface area contributed by atoms with Crippen molar-refractivity contribution in [3.05, 3.63) is 33.9 Å². The Morgan fingerprint density at radius 1 is 1.50 bits per heavy atom. The molecule has 18 heavy (non-hydrogen) atoms. The maximum atomic E-state index is 10.8. The molecule has 1 rings (SSSR count). The number of benzene rings is 1. The Balaban J connectivity index is 2.48. The molecule has 0 fully saturated rings. The smallest absolute Gasteiger partial charge is 0.274 e. The van der Waals surface area contributed by atoms with Crippen molar-refractivity contribution in [3.63, 3.8) is 0 Å². The van der Waals surface area contributed by atoms with Gasteiger partial charge in [-0.25, -0.2) is 0 Å². The second kappa shape index (κ2) is 6.96. The van der Waals surface area contributed by atoms with Crippen LogP contribution in [0.15, 0.2) is 18.2 Å². The highest BCUT2D eigenvalue weighted by molar-refractivity contribution is 5.54. The third kappa shape index (κ3) is 4.33. The first kappa shape index (κ1) is 14.4. The summed E-state index contributed by atoms with van der Waals surface area (Å²) in [7, 11) is 0. The average Bonchev–Trinajstić information content (AvgIpc) is 2.35. The highest BCUT2D eigenvalue weighted by Gasteiger charge is 2.10. The molecule has 5 heteroatoms. The fourth-order valence-corrected chi connectivity index (χ4v) is 1.69. The molecule has 0 radical (unpaired) electrons. The Morgan fingerprint density at radius 2 is 2.22 bits per heavy atom. The number of nitrogens with one attached hydrogen (secondary N) is 1. The van der Waals surface area contributed by atoms with Crippen LogP contribution in [0, 0.1) is 23.0 Å². The van der Waals surface area contributed by atoms with E-state index in [0.29, 0.717) is 11.5 Å². The monoisotopic (exact) mass is 252 g/mol. The van der Waals surface area contributed by atoms with Crippen molar-refractivity contribution in [1.29, 1.82) is 0 Å². The van der Waals surface area contributed by atoms with Gasteiger partial charge < -0.3 is 10.4 Å². The Kier molecular flexibility index (Phi) is 5.58. The number of rotatable bonds is 7. The third-order valence-electron chi connectivity index (χ3n) is 2.92. The maximum absolute atomic E-state index is 10.8. The Labute approximate surface area is 107 Å². The van der Waals surface area contributed by atoms with E-state index in [1.54, 1.807) is 19.1 Å². The molecule has 1 atom stereocenters. The first-order valence-electron chi connectivity index (χ1n) is 6.14. The van der Waals surface area contributed by atoms with Crippen LogP contribution in [0.5, 0.6) is 0 Å². The van der Waals surface area contributed by atoms with E-state index in [1.807, 2.05) is 13.0 Å². The van der Waals surface area contributed by atoms with E-state index in [2.05, 4.69) is 5.32 Å². The molecule has 0 aliphatic heterocycles. The van der Waals surface area contributed by atoms with Crippen LogP contribution in [0.4, 0.5) is 11.4 Å². The standard InChI is InChI=1S/C13H20N2O3/c1-10(9-16)4-3-7-14-12-6-5-11(2)13(8-12)15(17)18/h5-6,8,10,14,16H,3-4,7,9H2,1-2H3. The van der Waals surface area contributed by atoms with Crippen molar-refractivity contribution in [1.82, 2.24) is 0 Å². The van der Waals surface area contributed by atoms with E-state index < -0.39 is 0 Å². The van der Waals surface area contributed by atoms with E-state index in [0.717, 1.165) is 25.1 Å². The molecule has 100 valence electrons. The molecule has 5 nitrogen and oxygen atoms in total. The van der Waals surface area contributed by atoms with Crippen molar-refractivity contribution in [2.24, 2.45) is 5.92 Å². The molecule has 0 aromatic heterocycles. The lowest BCUT2D eigenvalue weighted by molar-refractivity contribution is -0.385. The van der Waals surface area contributed by atoms with Crippen LogP contribution in [-0.4, -0.2) is 23.2 Å². The van der Waals surface area contributed by atoms with E-state index in [9.17, 15) is 10.1 Å². The zero-order valence-corrected chi connectivity index (χ0v) is 10.8. The predicted octanol–water partition coefficient (Wildman–Crippen LogP) is 2.72. The van der Waals surface area contributed by atoms with E-state index in [-0.39, 0.29) is 17.2 Å². The summed E-state index contributed by atoms with van der Waals surface area (Å²) in [5.41, 5.74) is 1.58. The number of nitro benzene ring substituents is 1. The fourth-order valence-electron chi connectivity index (χ4n) is 1.69. The Hall–Kier alpha value is -1.62. The molecule has 1 unspecified atom stereocenters. The second-order valence-corrected chi connectivity index (χ2v) is 4.62. The molecule has 0 saturated heterocycles. The number of nitrogens with zero attached hydrogens (tertiary/aromatic N) is 1. The normalized spacial score (nSPS) is 12.2. The quantitative estimate of drug-likeness (QED) is 0.444. The van der Waals surface area contributed by atoms with Gasteiger partial charge in [0.15, 0.2) is 0 Å². The van der Waals surface area contributed by atoms with Crippen molar-refractivity contribution in [2.75, 3.05) is 18.5 Å². The van der Waals surface area contributed by atoms with Crippen LogP contribution in [0.25, 0.3) is 0 Å². The minimum Gasteiger partial charge on any atom is -0.396 e. The molecule has 0 aliphatic carbocycles. The van der Waals surface area contributed by atoms with Crippen LogP contribution in [0.2, 0.25) is 0 Å². The summed E-state index contributed by atoms with van der Waals surface area (Å²) in [6.07, 6.45) is 1.88. The lowest BCUT2D eigenvalue weighted by Crippen LogP contribution is -2.06. The highest BCUT2D eigenvalue weighted by Crippen LogP contribution is 2.22. The highest BCUT2D eigenvalue weighted by atomic mass is 16.6. The number of hydrogen-bond donors (Lipinski definition) is 2. The predicted molar refractivity (Wildman–Crippen MR) is 71.8 cm³/mol. The van der Waals surface area contributed by atoms with Gasteiger partial charge in [-0.2, -0.15) is 0 Å². The molecule has 0 saturated carbocycles. The van der Waals surface area contributed by atoms with Crippen LogP contribution in [-0.2, 0) is 0 Å². The lowest BCUT2D eigenvalue weighted by atomic mass is 10.1. The summed E-state index contributed by atoms with van der Waals surface area (Å²) in [6.45, 7) is 4.68. The number of hydrogen-bond acceptors (Lipinski definition) is 4. The van der Waals surface area contributed by atoms with Gasteiger partial charge in [-0.15, -0.1) is 0 Å². The van der Waals surface area contributed by atoms with Gasteiger partial charge in [0.05, 0.1) is 4.92 Å². The molecule has 0 bridgehead atoms. The molecule has 0 amide bonds. The summed E-state index contributed by atoms with van der Waals surface area (Å²) >= 11 is 0. The minimum atomic E-state index is -0.367. The molecule has 2 N–H and O–H groups in total. The van der Waals surface area contributed by atoms with Gasteiger partial charge in [-0.1, -0.05) is 13.0 Å². The molecule has 0 spiro atoms. The molecule has 0 heterocycles. The van der Waals surface area contributed by atoms with E-state index >= 15 is 0 Å². The summed E-state index contributed by atoms with van der Waals surface area (Å²) in [5, 5.41) is 22.8. The van der Waals surface area contributed by atoms with Crippen LogP contribution in [0.3, 0.4) is 0 Å². The molecule has 0 aliphatic rings. The van der Waals surface area contributed by atoms with Gasteiger partial charge in [-0.3, -0.25) is 10.1 Å². The van der Waals surface area contributed by atoms with Gasteiger partial charge in [-0.05, 0) is 31.7 Å². The topological polar surface area (TPSA) is 75.4 Å². The third-order valence-corrected chi connectivity index (χ3v) is 2.92. The summed E-state index contributed by atoms with van der Waals surface area (Å²) in [6, 6.07) is 5.15. The van der Waals surface area contributed by atoms with Crippen molar-refractivity contribution < 1.29 is 10.0 Å². The zero-order valence-electron chi connectivity index (χ0n) is 10.8. The van der Waals surface area contributed by atoms with Crippen molar-refractivity contribution >= 4 is 11.4 Å². The van der Waals surface area contributed by atoms with Crippen LogP contribution in [0.1, 0.15) is 25.3 Å². The van der Waals surface area contributed by atoms with E-state index in [1.165, 1.54) is 0 Å². The maximum Gasteiger partial charge on any atom is 0.274 e. The number of aryl methyl sites for hydroxylation is 1. The number of nitro groups is 1.